The third-order valence-electron chi connectivity index (χ3n) is 3.11. The zero-order valence-corrected chi connectivity index (χ0v) is 10.1. The van der Waals surface area contributed by atoms with E-state index in [1.165, 1.54) is 6.20 Å². The minimum Gasteiger partial charge on any atom is -0.382 e. The van der Waals surface area contributed by atoms with Gasteiger partial charge in [0, 0.05) is 13.7 Å². The molecule has 17 heavy (non-hydrogen) atoms. The van der Waals surface area contributed by atoms with Crippen LogP contribution in [0, 0.1) is 5.41 Å². The van der Waals surface area contributed by atoms with Gasteiger partial charge < -0.3 is 15.4 Å². The number of aromatic nitrogens is 2. The van der Waals surface area contributed by atoms with Crippen molar-refractivity contribution in [2.45, 2.75) is 25.5 Å². The van der Waals surface area contributed by atoms with Gasteiger partial charge in [0.25, 0.3) is 0 Å². The lowest BCUT2D eigenvalue weighted by atomic mass is 10.1. The van der Waals surface area contributed by atoms with Crippen LogP contribution in [-0.2, 0) is 4.74 Å². The van der Waals surface area contributed by atoms with Crippen LogP contribution in [-0.4, -0.2) is 41.6 Å². The normalized spacial score (nSPS) is 23.6. The highest BCUT2D eigenvalue weighted by Crippen LogP contribution is 2.22. The molecule has 0 aromatic carbocycles. The van der Waals surface area contributed by atoms with Gasteiger partial charge in [-0.05, 0) is 13.3 Å². The van der Waals surface area contributed by atoms with E-state index in [-0.39, 0.29) is 11.9 Å². The van der Waals surface area contributed by atoms with Crippen LogP contribution >= 0.6 is 0 Å². The Morgan fingerprint density at radius 1 is 1.53 bits per heavy atom. The van der Waals surface area contributed by atoms with Gasteiger partial charge in [-0.3, -0.25) is 5.41 Å². The van der Waals surface area contributed by atoms with Gasteiger partial charge in [0.05, 0.1) is 24.5 Å². The molecule has 92 valence electrons. The number of hydrogen-bond donors (Lipinski definition) is 2. The molecular weight excluding hydrogens is 218 g/mol. The number of nitrogen functional groups attached to an aromatic ring is 1. The van der Waals surface area contributed by atoms with Gasteiger partial charge in [-0.25, -0.2) is 9.97 Å². The molecule has 1 aliphatic rings. The van der Waals surface area contributed by atoms with Crippen LogP contribution in [0.2, 0.25) is 0 Å². The third-order valence-corrected chi connectivity index (χ3v) is 3.11. The maximum atomic E-state index is 7.25. The Hall–Kier alpha value is -1.69. The highest BCUT2D eigenvalue weighted by molar-refractivity contribution is 5.92. The number of anilines is 1. The van der Waals surface area contributed by atoms with E-state index in [4.69, 9.17) is 15.9 Å². The molecule has 0 saturated carbocycles. The van der Waals surface area contributed by atoms with Crippen LogP contribution in [0.4, 0.5) is 5.82 Å². The van der Waals surface area contributed by atoms with Crippen molar-refractivity contribution in [3.8, 4) is 0 Å². The Labute approximate surface area is 100 Å². The predicted octanol–water partition coefficient (Wildman–Crippen LogP) is 0.374. The van der Waals surface area contributed by atoms with Crippen LogP contribution in [0.5, 0.6) is 0 Å². The summed E-state index contributed by atoms with van der Waals surface area (Å²) in [6.07, 6.45) is 4.36. The first-order chi connectivity index (χ1) is 8.09. The van der Waals surface area contributed by atoms with Crippen LogP contribution in [0.1, 0.15) is 19.0 Å². The number of hydrogen-bond acceptors (Lipinski definition) is 5. The van der Waals surface area contributed by atoms with Crippen LogP contribution < -0.4 is 10.6 Å². The second kappa shape index (κ2) is 4.67. The number of amidine groups is 1. The molecule has 6 nitrogen and oxygen atoms in total. The van der Waals surface area contributed by atoms with E-state index in [9.17, 15) is 0 Å². The average Bonchev–Trinajstić information content (AvgIpc) is 2.74. The topological polar surface area (TPSA) is 88.1 Å². The quantitative estimate of drug-likeness (QED) is 0.584. The molecule has 1 saturated heterocycles. The molecule has 1 aromatic rings. The zero-order chi connectivity index (χ0) is 12.4. The molecule has 2 rings (SSSR count). The fourth-order valence-electron chi connectivity index (χ4n) is 2.04. The Kier molecular flexibility index (Phi) is 3.23. The molecular formula is C11H17N5O. The standard InChI is InChI=1S/C11H17N5O/c1-7-9(3-4-17-7)16(2)10-6-14-8(5-15-10)11(12)13/h5-7,9H,3-4H2,1-2H3,(H3,12,13). The molecule has 6 heteroatoms. The number of rotatable bonds is 3. The predicted molar refractivity (Wildman–Crippen MR) is 65.3 cm³/mol. The first kappa shape index (κ1) is 11.8. The average molecular weight is 235 g/mol. The molecule has 0 bridgehead atoms. The summed E-state index contributed by atoms with van der Waals surface area (Å²) in [7, 11) is 1.98. The maximum Gasteiger partial charge on any atom is 0.147 e. The largest absolute Gasteiger partial charge is 0.382 e. The molecule has 0 spiro atoms. The SMILES string of the molecule is CC1OCCC1N(C)c1cnc(C(=N)N)cn1. The number of nitrogens with zero attached hydrogens (tertiary/aromatic N) is 3. The van der Waals surface area contributed by atoms with Gasteiger partial charge >= 0.3 is 0 Å². The van der Waals surface area contributed by atoms with Gasteiger partial charge in [-0.1, -0.05) is 0 Å². The van der Waals surface area contributed by atoms with Crippen LogP contribution in [0.3, 0.4) is 0 Å². The van der Waals surface area contributed by atoms with E-state index in [0.717, 1.165) is 18.8 Å². The lowest BCUT2D eigenvalue weighted by Crippen LogP contribution is -2.37. The number of nitrogens with two attached hydrogens (primary N) is 1. The van der Waals surface area contributed by atoms with E-state index >= 15 is 0 Å². The van der Waals surface area contributed by atoms with Gasteiger partial charge in [-0.2, -0.15) is 0 Å². The molecule has 0 radical (unpaired) electrons. The van der Waals surface area contributed by atoms with Crippen molar-refractivity contribution in [2.75, 3.05) is 18.6 Å². The zero-order valence-electron chi connectivity index (χ0n) is 10.1. The van der Waals surface area contributed by atoms with Gasteiger partial charge in [0.15, 0.2) is 0 Å². The maximum absolute atomic E-state index is 7.25. The summed E-state index contributed by atoms with van der Waals surface area (Å²) in [5.74, 6) is 0.710. The fourth-order valence-corrected chi connectivity index (χ4v) is 2.04. The smallest absolute Gasteiger partial charge is 0.147 e. The van der Waals surface area contributed by atoms with Crippen molar-refractivity contribution in [3.05, 3.63) is 18.1 Å². The minimum absolute atomic E-state index is 0.0655. The van der Waals surface area contributed by atoms with Gasteiger partial charge in [-0.15, -0.1) is 0 Å². The number of nitrogens with one attached hydrogen (secondary N) is 1. The Bertz CT molecular complexity index is 405. The van der Waals surface area contributed by atoms with E-state index < -0.39 is 0 Å². The summed E-state index contributed by atoms with van der Waals surface area (Å²) in [5, 5.41) is 7.25. The molecule has 1 aromatic heterocycles. The second-order valence-electron chi connectivity index (χ2n) is 4.22. The molecule has 3 N–H and O–H groups in total. The van der Waals surface area contributed by atoms with Crippen LogP contribution in [0.15, 0.2) is 12.4 Å². The summed E-state index contributed by atoms with van der Waals surface area (Å²) < 4.78 is 5.53. The monoisotopic (exact) mass is 235 g/mol. The number of ether oxygens (including phenoxy) is 1. The van der Waals surface area contributed by atoms with Crippen molar-refractivity contribution >= 4 is 11.7 Å². The van der Waals surface area contributed by atoms with E-state index in [1.54, 1.807) is 6.20 Å². The van der Waals surface area contributed by atoms with E-state index in [2.05, 4.69) is 21.8 Å². The first-order valence-corrected chi connectivity index (χ1v) is 5.60. The van der Waals surface area contributed by atoms with Gasteiger partial charge in [0.1, 0.15) is 17.3 Å². The summed E-state index contributed by atoms with van der Waals surface area (Å²) in [6, 6.07) is 0.326. The van der Waals surface area contributed by atoms with Crippen molar-refractivity contribution in [3.63, 3.8) is 0 Å². The summed E-state index contributed by atoms with van der Waals surface area (Å²) in [4.78, 5) is 10.4. The van der Waals surface area contributed by atoms with E-state index in [0.29, 0.717) is 11.7 Å². The second-order valence-corrected chi connectivity index (χ2v) is 4.22. The van der Waals surface area contributed by atoms with Gasteiger partial charge in [0.2, 0.25) is 0 Å². The highest BCUT2D eigenvalue weighted by atomic mass is 16.5. The number of likely N-dealkylation sites (N-methyl/N-ethyl adjacent to an activating group) is 1. The minimum atomic E-state index is -0.0655. The van der Waals surface area contributed by atoms with Crippen molar-refractivity contribution in [2.24, 2.45) is 5.73 Å². The first-order valence-electron chi connectivity index (χ1n) is 5.60. The lowest BCUT2D eigenvalue weighted by Gasteiger charge is -2.27. The Morgan fingerprint density at radius 2 is 2.29 bits per heavy atom. The molecule has 2 atom stereocenters. The van der Waals surface area contributed by atoms with Crippen molar-refractivity contribution < 1.29 is 4.74 Å². The summed E-state index contributed by atoms with van der Waals surface area (Å²) in [5.41, 5.74) is 5.73. The highest BCUT2D eigenvalue weighted by Gasteiger charge is 2.28. The Balaban J connectivity index is 2.14. The third kappa shape index (κ3) is 2.36. The summed E-state index contributed by atoms with van der Waals surface area (Å²) >= 11 is 0. The molecule has 0 aliphatic carbocycles. The van der Waals surface area contributed by atoms with Crippen LogP contribution in [0.25, 0.3) is 0 Å². The summed E-state index contributed by atoms with van der Waals surface area (Å²) in [6.45, 7) is 2.85. The molecule has 2 unspecified atom stereocenters. The molecule has 0 amide bonds. The van der Waals surface area contributed by atoms with Crippen molar-refractivity contribution in [1.29, 1.82) is 5.41 Å². The lowest BCUT2D eigenvalue weighted by molar-refractivity contribution is 0.118. The molecule has 2 heterocycles. The molecule has 1 aliphatic heterocycles. The van der Waals surface area contributed by atoms with E-state index in [1.807, 2.05) is 7.05 Å². The van der Waals surface area contributed by atoms with Crippen molar-refractivity contribution in [1.82, 2.24) is 9.97 Å². The Morgan fingerprint density at radius 3 is 2.76 bits per heavy atom. The fraction of sp³-hybridized carbons (Fsp3) is 0.545. The molecule has 1 fully saturated rings.